The maximum Gasteiger partial charge on any atom is 0.248 e. The van der Waals surface area contributed by atoms with Gasteiger partial charge in [-0.25, -0.2) is 0 Å². The fourth-order valence-electron chi connectivity index (χ4n) is 2.91. The monoisotopic (exact) mass is 283 g/mol. The van der Waals surface area contributed by atoms with Gasteiger partial charge in [-0.2, -0.15) is 0 Å². The van der Waals surface area contributed by atoms with E-state index < -0.39 is 0 Å². The van der Waals surface area contributed by atoms with Crippen LogP contribution in [0.5, 0.6) is 0 Å². The molecule has 0 amide bonds. The Hall–Kier alpha value is -2.23. The van der Waals surface area contributed by atoms with Crippen LogP contribution in [0.25, 0.3) is 0 Å². The van der Waals surface area contributed by atoms with E-state index in [2.05, 4.69) is 39.5 Å². The van der Waals surface area contributed by atoms with Gasteiger partial charge in [-0.1, -0.05) is 0 Å². The molecule has 1 aromatic carbocycles. The first-order valence-corrected chi connectivity index (χ1v) is 7.39. The van der Waals surface area contributed by atoms with E-state index in [-0.39, 0.29) is 11.6 Å². The van der Waals surface area contributed by atoms with Crippen molar-refractivity contribution in [3.05, 3.63) is 58.0 Å². The summed E-state index contributed by atoms with van der Waals surface area (Å²) in [6.45, 7) is 0. The molecule has 1 atom stereocenters. The molecule has 0 fully saturated rings. The molecule has 2 N–H and O–H groups in total. The zero-order valence-corrected chi connectivity index (χ0v) is 12.5. The van der Waals surface area contributed by atoms with Crippen LogP contribution in [0.15, 0.2) is 41.2 Å². The highest BCUT2D eigenvalue weighted by atomic mass is 16.1. The van der Waals surface area contributed by atoms with Crippen LogP contribution in [0, 0.1) is 0 Å². The summed E-state index contributed by atoms with van der Waals surface area (Å²) in [5.41, 5.74) is 4.59. The maximum absolute atomic E-state index is 11.4. The molecule has 0 spiro atoms. The molecule has 0 bridgehead atoms. The van der Waals surface area contributed by atoms with E-state index in [1.54, 1.807) is 6.07 Å². The molecule has 0 radical (unpaired) electrons. The Morgan fingerprint density at radius 3 is 2.62 bits per heavy atom. The molecule has 110 valence electrons. The van der Waals surface area contributed by atoms with Gasteiger partial charge < -0.3 is 15.2 Å². The van der Waals surface area contributed by atoms with Crippen molar-refractivity contribution in [2.75, 3.05) is 24.3 Å². The van der Waals surface area contributed by atoms with Crippen LogP contribution in [0.2, 0.25) is 0 Å². The molecule has 0 aliphatic heterocycles. The third kappa shape index (κ3) is 2.94. The molecule has 1 heterocycles. The van der Waals surface area contributed by atoms with Gasteiger partial charge in [-0.05, 0) is 55.2 Å². The molecular formula is C17H21N3O. The molecule has 1 aromatic heterocycles. The summed E-state index contributed by atoms with van der Waals surface area (Å²) in [6.07, 6.45) is 3.15. The van der Waals surface area contributed by atoms with Gasteiger partial charge in [0.2, 0.25) is 5.56 Å². The van der Waals surface area contributed by atoms with Crippen molar-refractivity contribution in [3.63, 3.8) is 0 Å². The number of rotatable bonds is 3. The summed E-state index contributed by atoms with van der Waals surface area (Å²) in [6, 6.07) is 12.3. The minimum Gasteiger partial charge on any atom is -0.378 e. The van der Waals surface area contributed by atoms with E-state index in [0.717, 1.165) is 30.6 Å². The summed E-state index contributed by atoms with van der Waals surface area (Å²) in [5.74, 6) is 0. The zero-order chi connectivity index (χ0) is 14.8. The van der Waals surface area contributed by atoms with Crippen molar-refractivity contribution in [1.29, 1.82) is 0 Å². The fourth-order valence-corrected chi connectivity index (χ4v) is 2.91. The van der Waals surface area contributed by atoms with Gasteiger partial charge >= 0.3 is 0 Å². The summed E-state index contributed by atoms with van der Waals surface area (Å²) in [5, 5.41) is 3.58. The van der Waals surface area contributed by atoms with Crippen LogP contribution in [-0.4, -0.2) is 19.1 Å². The highest BCUT2D eigenvalue weighted by molar-refractivity contribution is 5.55. The minimum absolute atomic E-state index is 0.00950. The van der Waals surface area contributed by atoms with Crippen molar-refractivity contribution < 1.29 is 0 Å². The average molecular weight is 283 g/mol. The molecular weight excluding hydrogens is 262 g/mol. The summed E-state index contributed by atoms with van der Waals surface area (Å²) in [7, 11) is 4.08. The number of pyridine rings is 1. The van der Waals surface area contributed by atoms with Crippen LogP contribution < -0.4 is 15.8 Å². The van der Waals surface area contributed by atoms with Crippen molar-refractivity contribution >= 4 is 11.4 Å². The Bertz CT molecular complexity index is 673. The standard InChI is InChI=1S/C17H21N3O/c1-20(2)13-8-6-12(7-9-13)18-15-4-3-5-16-14(15)10-11-17(21)19-16/h6-11,15,18H,3-5H2,1-2H3,(H,19,21). The Kier molecular flexibility index (Phi) is 3.69. The number of anilines is 2. The van der Waals surface area contributed by atoms with E-state index in [4.69, 9.17) is 0 Å². The molecule has 4 nitrogen and oxygen atoms in total. The van der Waals surface area contributed by atoms with Crippen molar-refractivity contribution in [2.45, 2.75) is 25.3 Å². The highest BCUT2D eigenvalue weighted by Gasteiger charge is 2.20. The number of nitrogens with zero attached hydrogens (tertiary/aromatic N) is 1. The number of fused-ring (bicyclic) bond motifs is 1. The first-order chi connectivity index (χ1) is 10.1. The Morgan fingerprint density at radius 2 is 1.90 bits per heavy atom. The lowest BCUT2D eigenvalue weighted by molar-refractivity contribution is 0.587. The van der Waals surface area contributed by atoms with Crippen LogP contribution in [0.1, 0.15) is 30.1 Å². The van der Waals surface area contributed by atoms with Crippen molar-refractivity contribution in [1.82, 2.24) is 4.98 Å². The molecule has 1 aliphatic rings. The second-order valence-corrected chi connectivity index (χ2v) is 5.79. The second kappa shape index (κ2) is 5.64. The van der Waals surface area contributed by atoms with Crippen molar-refractivity contribution in [2.24, 2.45) is 0 Å². The second-order valence-electron chi connectivity index (χ2n) is 5.79. The predicted octanol–water partition coefficient (Wildman–Crippen LogP) is 2.93. The fraction of sp³-hybridized carbons (Fsp3) is 0.353. The number of hydrogen-bond donors (Lipinski definition) is 2. The van der Waals surface area contributed by atoms with Crippen LogP contribution >= 0.6 is 0 Å². The van der Waals surface area contributed by atoms with Gasteiger partial charge in [-0.3, -0.25) is 4.79 Å². The zero-order valence-electron chi connectivity index (χ0n) is 12.5. The number of H-pyrrole nitrogens is 1. The number of aromatic amines is 1. The number of hydrogen-bond acceptors (Lipinski definition) is 3. The minimum atomic E-state index is -0.00950. The van der Waals surface area contributed by atoms with Gasteiger partial charge in [0.05, 0.1) is 6.04 Å². The first-order valence-electron chi connectivity index (χ1n) is 7.39. The largest absolute Gasteiger partial charge is 0.378 e. The van der Waals surface area contributed by atoms with Gasteiger partial charge in [0.25, 0.3) is 0 Å². The van der Waals surface area contributed by atoms with E-state index in [1.165, 1.54) is 11.3 Å². The lowest BCUT2D eigenvalue weighted by Crippen LogP contribution is -2.21. The highest BCUT2D eigenvalue weighted by Crippen LogP contribution is 2.31. The molecule has 4 heteroatoms. The number of benzene rings is 1. The van der Waals surface area contributed by atoms with Crippen LogP contribution in [-0.2, 0) is 6.42 Å². The Morgan fingerprint density at radius 1 is 1.14 bits per heavy atom. The van der Waals surface area contributed by atoms with E-state index >= 15 is 0 Å². The smallest absolute Gasteiger partial charge is 0.248 e. The third-order valence-electron chi connectivity index (χ3n) is 4.06. The van der Waals surface area contributed by atoms with Gasteiger partial charge in [0.1, 0.15) is 0 Å². The SMILES string of the molecule is CN(C)c1ccc(NC2CCCc3[nH]c(=O)ccc32)cc1. The van der Waals surface area contributed by atoms with Gasteiger partial charge in [0.15, 0.2) is 0 Å². The first kappa shape index (κ1) is 13.7. The van der Waals surface area contributed by atoms with Gasteiger partial charge in [-0.15, -0.1) is 0 Å². The van der Waals surface area contributed by atoms with E-state index in [9.17, 15) is 4.79 Å². The quantitative estimate of drug-likeness (QED) is 0.910. The van der Waals surface area contributed by atoms with Crippen molar-refractivity contribution in [3.8, 4) is 0 Å². The predicted molar refractivity (Wildman–Crippen MR) is 87.1 cm³/mol. The molecule has 1 aliphatic carbocycles. The normalized spacial score (nSPS) is 17.1. The van der Waals surface area contributed by atoms with Crippen LogP contribution in [0.3, 0.4) is 0 Å². The molecule has 0 saturated carbocycles. The summed E-state index contributed by atoms with van der Waals surface area (Å²) < 4.78 is 0. The molecule has 2 aromatic rings. The Labute approximate surface area is 124 Å². The molecule has 1 unspecified atom stereocenters. The Balaban J connectivity index is 1.81. The average Bonchev–Trinajstić information content (AvgIpc) is 2.47. The maximum atomic E-state index is 11.4. The number of aryl methyl sites for hydroxylation is 1. The number of aromatic nitrogens is 1. The molecule has 0 saturated heterocycles. The lowest BCUT2D eigenvalue weighted by atomic mass is 9.91. The summed E-state index contributed by atoms with van der Waals surface area (Å²) >= 11 is 0. The molecule has 3 rings (SSSR count). The molecule has 21 heavy (non-hydrogen) atoms. The third-order valence-corrected chi connectivity index (χ3v) is 4.06. The lowest BCUT2D eigenvalue weighted by Gasteiger charge is -2.27. The summed E-state index contributed by atoms with van der Waals surface area (Å²) in [4.78, 5) is 16.5. The van der Waals surface area contributed by atoms with Gasteiger partial charge in [0, 0.05) is 37.2 Å². The topological polar surface area (TPSA) is 48.1 Å². The van der Waals surface area contributed by atoms with Crippen LogP contribution in [0.4, 0.5) is 11.4 Å². The van der Waals surface area contributed by atoms with E-state index in [1.807, 2.05) is 20.2 Å². The van der Waals surface area contributed by atoms with E-state index in [0.29, 0.717) is 0 Å². The number of nitrogens with one attached hydrogen (secondary N) is 2.